The minimum Gasteiger partial charge on any atom is -0.227 e. The summed E-state index contributed by atoms with van der Waals surface area (Å²) >= 11 is 0. The first kappa shape index (κ1) is 19.0. The maximum Gasteiger partial charge on any atom is 0.170 e. The first-order chi connectivity index (χ1) is 7.60. The maximum absolute atomic E-state index is 11.7. The summed E-state index contributed by atoms with van der Waals surface area (Å²) in [6.07, 6.45) is 1.85. The van der Waals surface area contributed by atoms with Crippen LogP contribution < -0.4 is 0 Å². The lowest BCUT2D eigenvalue weighted by molar-refractivity contribution is 0.543. The zero-order valence-corrected chi connectivity index (χ0v) is 13.0. The van der Waals surface area contributed by atoms with Gasteiger partial charge in [0.25, 0.3) is 0 Å². The minimum absolute atomic E-state index is 0.0966. The van der Waals surface area contributed by atoms with Gasteiger partial charge in [0.2, 0.25) is 0 Å². The third-order valence-corrected chi connectivity index (χ3v) is 8.97. The van der Waals surface area contributed by atoms with E-state index in [1.807, 2.05) is 6.92 Å². The summed E-state index contributed by atoms with van der Waals surface area (Å²) in [6.45, 7) is 11.1. The van der Waals surface area contributed by atoms with Crippen molar-refractivity contribution in [2.75, 3.05) is 11.5 Å². The van der Waals surface area contributed by atoms with Gasteiger partial charge >= 0.3 is 0 Å². The van der Waals surface area contributed by atoms with Crippen LogP contribution in [-0.4, -0.2) is 32.4 Å². The predicted octanol–water partition coefficient (Wildman–Crippen LogP) is 2.17. The second-order valence-electron chi connectivity index (χ2n) is 3.70. The van der Waals surface area contributed by atoms with Gasteiger partial charge in [-0.15, -0.1) is 6.58 Å². The molecule has 0 aliphatic carbocycles. The van der Waals surface area contributed by atoms with E-state index >= 15 is 0 Å². The zero-order valence-electron chi connectivity index (χ0n) is 11.4. The smallest absolute Gasteiger partial charge is 0.170 e. The molecule has 0 saturated carbocycles. The van der Waals surface area contributed by atoms with Gasteiger partial charge in [-0.2, -0.15) is 0 Å². The lowest BCUT2D eigenvalue weighted by Gasteiger charge is -2.26. The Bertz CT molecular complexity index is 384. The Morgan fingerprint density at radius 3 is 1.35 bits per heavy atom. The van der Waals surface area contributed by atoms with E-state index in [0.29, 0.717) is 0 Å². The highest BCUT2D eigenvalue weighted by Gasteiger charge is 2.47. The van der Waals surface area contributed by atoms with Crippen LogP contribution in [0.5, 0.6) is 0 Å². The first-order valence-electron chi connectivity index (χ1n) is 5.61. The van der Waals surface area contributed by atoms with E-state index in [0.717, 1.165) is 0 Å². The third-order valence-electron chi connectivity index (χ3n) is 2.72. The number of sulfone groups is 2. The van der Waals surface area contributed by atoms with Crippen LogP contribution in [-0.2, 0) is 19.7 Å². The second-order valence-corrected chi connectivity index (χ2v) is 9.38. The number of hydrogen-bond donors (Lipinski definition) is 0. The van der Waals surface area contributed by atoms with Crippen LogP contribution in [0.2, 0.25) is 0 Å². The van der Waals surface area contributed by atoms with Gasteiger partial charge in [-0.1, -0.05) is 26.8 Å². The van der Waals surface area contributed by atoms with Crippen molar-refractivity contribution in [2.45, 2.75) is 45.1 Å². The topological polar surface area (TPSA) is 68.3 Å². The molecule has 0 fully saturated rings. The van der Waals surface area contributed by atoms with Crippen molar-refractivity contribution >= 4 is 19.7 Å². The van der Waals surface area contributed by atoms with Gasteiger partial charge in [0.05, 0.1) is 0 Å². The van der Waals surface area contributed by atoms with E-state index in [4.69, 9.17) is 0 Å². The molecule has 17 heavy (non-hydrogen) atoms. The molecule has 0 rings (SSSR count). The van der Waals surface area contributed by atoms with Gasteiger partial charge in [-0.3, -0.25) is 0 Å². The van der Waals surface area contributed by atoms with Crippen molar-refractivity contribution in [3.05, 3.63) is 12.7 Å². The summed E-state index contributed by atoms with van der Waals surface area (Å²) < 4.78 is 45.1. The summed E-state index contributed by atoms with van der Waals surface area (Å²) in [5, 5.41) is 0. The fraction of sp³-hybridized carbons (Fsp3) is 0.818. The van der Waals surface area contributed by atoms with Gasteiger partial charge in [0, 0.05) is 11.5 Å². The molecule has 0 unspecified atom stereocenters. The number of allylic oxidation sites excluding steroid dienone is 1. The minimum atomic E-state index is -3.57. The first-order valence-corrected chi connectivity index (χ1v) is 8.92. The summed E-state index contributed by atoms with van der Waals surface area (Å²) in [7, 11) is -7.14. The van der Waals surface area contributed by atoms with Crippen molar-refractivity contribution in [1.82, 2.24) is 0 Å². The van der Waals surface area contributed by atoms with Gasteiger partial charge in [-0.05, 0) is 20.3 Å². The molecular weight excluding hydrogens is 260 g/mol. The Hall–Kier alpha value is -0.360. The lowest BCUT2D eigenvalue weighted by Crippen LogP contribution is -2.44. The largest absolute Gasteiger partial charge is 0.227 e. The molecular formula is C11H24O4S2. The molecule has 0 spiro atoms. The standard InChI is InChI=1S/C8H18O4S2.C3H6/c1-5-8(4,13(9,10)6-2)14(11,12)7-3;1-3-2/h5-7H2,1-4H3;3H,1H2,2H3. The Labute approximate surface area is 106 Å². The highest BCUT2D eigenvalue weighted by atomic mass is 32.3. The highest BCUT2D eigenvalue weighted by Crippen LogP contribution is 2.29. The van der Waals surface area contributed by atoms with Crippen molar-refractivity contribution < 1.29 is 16.8 Å². The molecule has 0 aliphatic heterocycles. The van der Waals surface area contributed by atoms with E-state index in [1.165, 1.54) is 20.8 Å². The molecule has 6 heteroatoms. The number of hydrogen-bond acceptors (Lipinski definition) is 4. The van der Waals surface area contributed by atoms with Gasteiger partial charge in [-0.25, -0.2) is 16.8 Å². The van der Waals surface area contributed by atoms with Crippen molar-refractivity contribution in [3.8, 4) is 0 Å². The van der Waals surface area contributed by atoms with Crippen molar-refractivity contribution in [3.63, 3.8) is 0 Å². The molecule has 0 bridgehead atoms. The summed E-state index contributed by atoms with van der Waals surface area (Å²) in [5.41, 5.74) is 0. The Morgan fingerprint density at radius 2 is 1.24 bits per heavy atom. The van der Waals surface area contributed by atoms with Gasteiger partial charge < -0.3 is 0 Å². The van der Waals surface area contributed by atoms with E-state index < -0.39 is 23.8 Å². The zero-order chi connectivity index (χ0) is 14.3. The van der Waals surface area contributed by atoms with Crippen molar-refractivity contribution in [1.29, 1.82) is 0 Å². The summed E-state index contributed by atoms with van der Waals surface area (Å²) in [5.74, 6) is -0.285. The lowest BCUT2D eigenvalue weighted by atomic mass is 10.4. The van der Waals surface area contributed by atoms with Crippen LogP contribution in [0, 0.1) is 0 Å². The SMILES string of the molecule is C=CC.CCC(C)(S(=O)(=O)CC)S(=O)(=O)CC. The Kier molecular flexibility index (Phi) is 8.00. The maximum atomic E-state index is 11.7. The average molecular weight is 284 g/mol. The predicted molar refractivity (Wildman–Crippen MR) is 73.5 cm³/mol. The molecule has 0 heterocycles. The molecule has 0 aromatic carbocycles. The fourth-order valence-electron chi connectivity index (χ4n) is 1.24. The number of rotatable bonds is 5. The molecule has 4 nitrogen and oxygen atoms in total. The average Bonchev–Trinajstić information content (AvgIpc) is 2.28. The Morgan fingerprint density at radius 1 is 1.00 bits per heavy atom. The van der Waals surface area contributed by atoms with Gasteiger partial charge in [0.1, 0.15) is 0 Å². The van der Waals surface area contributed by atoms with Crippen molar-refractivity contribution in [2.24, 2.45) is 0 Å². The summed E-state index contributed by atoms with van der Waals surface area (Å²) in [6, 6.07) is 0. The monoisotopic (exact) mass is 284 g/mol. The van der Waals surface area contributed by atoms with Crippen LogP contribution >= 0.6 is 0 Å². The molecule has 0 aromatic heterocycles. The second kappa shape index (κ2) is 7.16. The molecule has 0 aromatic rings. The van der Waals surface area contributed by atoms with E-state index in [9.17, 15) is 16.8 Å². The molecule has 0 radical (unpaired) electrons. The van der Waals surface area contributed by atoms with Crippen LogP contribution in [0.15, 0.2) is 12.7 Å². The highest BCUT2D eigenvalue weighted by molar-refractivity contribution is 8.10. The van der Waals surface area contributed by atoms with Crippen LogP contribution in [0.1, 0.15) is 41.0 Å². The van der Waals surface area contributed by atoms with Crippen LogP contribution in [0.25, 0.3) is 0 Å². The van der Waals surface area contributed by atoms with Crippen LogP contribution in [0.3, 0.4) is 0 Å². The molecule has 0 saturated heterocycles. The van der Waals surface area contributed by atoms with Gasteiger partial charge in [0.15, 0.2) is 23.8 Å². The molecule has 0 atom stereocenters. The molecule has 0 N–H and O–H groups in total. The normalized spacial score (nSPS) is 12.5. The Balaban J connectivity index is 0. The van der Waals surface area contributed by atoms with E-state index in [-0.39, 0.29) is 17.9 Å². The van der Waals surface area contributed by atoms with E-state index in [1.54, 1.807) is 13.0 Å². The van der Waals surface area contributed by atoms with Crippen LogP contribution in [0.4, 0.5) is 0 Å². The van der Waals surface area contributed by atoms with E-state index in [2.05, 4.69) is 6.58 Å². The molecule has 104 valence electrons. The molecule has 0 aliphatic rings. The quantitative estimate of drug-likeness (QED) is 0.726. The third kappa shape index (κ3) is 4.10. The molecule has 0 amide bonds. The fourth-order valence-corrected chi connectivity index (χ4v) is 5.60. The summed E-state index contributed by atoms with van der Waals surface area (Å²) in [4.78, 5) is 0.